The average molecular weight is 302 g/mol. The van der Waals surface area contributed by atoms with Crippen LogP contribution in [0.2, 0.25) is 0 Å². The first-order valence-corrected chi connectivity index (χ1v) is 7.61. The maximum Gasteiger partial charge on any atom is 0.220 e. The van der Waals surface area contributed by atoms with Gasteiger partial charge in [0.15, 0.2) is 0 Å². The van der Waals surface area contributed by atoms with Gasteiger partial charge in [-0.3, -0.25) is 4.79 Å². The normalized spacial score (nSPS) is 11.4. The zero-order valence-electron chi connectivity index (χ0n) is 11.5. The molecule has 0 aliphatic carbocycles. The topological polar surface area (TPSA) is 29.1 Å². The average Bonchev–Trinajstić information content (AvgIpc) is 2.44. The number of benzene rings is 1. The molecule has 19 heavy (non-hydrogen) atoms. The summed E-state index contributed by atoms with van der Waals surface area (Å²) in [4.78, 5) is 12.0. The van der Waals surface area contributed by atoms with Gasteiger partial charge in [-0.05, 0) is 30.9 Å². The minimum absolute atomic E-state index is 0.00593. The van der Waals surface area contributed by atoms with Crippen molar-refractivity contribution in [1.29, 1.82) is 0 Å². The van der Waals surface area contributed by atoms with Crippen molar-refractivity contribution in [2.45, 2.75) is 38.6 Å². The molecule has 0 aliphatic rings. The highest BCUT2D eigenvalue weighted by molar-refractivity contribution is 6.22. The number of aryl methyl sites for hydroxylation is 2. The first kappa shape index (κ1) is 16.3. The van der Waals surface area contributed by atoms with Gasteiger partial charge in [-0.25, -0.2) is 0 Å². The van der Waals surface area contributed by atoms with Crippen LogP contribution in [0.4, 0.5) is 0 Å². The third-order valence-corrected chi connectivity index (χ3v) is 4.50. The summed E-state index contributed by atoms with van der Waals surface area (Å²) in [5.74, 6) is 0.679. The van der Waals surface area contributed by atoms with Crippen molar-refractivity contribution in [2.24, 2.45) is 0 Å². The summed E-state index contributed by atoms with van der Waals surface area (Å²) in [7, 11) is 0. The fraction of sp³-hybridized carbons (Fsp3) is 0.533. The molecular formula is C15H21Cl2NO. The van der Waals surface area contributed by atoms with Crippen molar-refractivity contribution in [3.63, 3.8) is 0 Å². The summed E-state index contributed by atoms with van der Waals surface area (Å²) in [6, 6.07) is 8.11. The number of carbonyl (C=O) groups excluding carboxylic acids is 1. The van der Waals surface area contributed by atoms with Gasteiger partial charge in [0, 0.05) is 18.2 Å². The zero-order valence-corrected chi connectivity index (χ0v) is 13.0. The van der Waals surface area contributed by atoms with Crippen LogP contribution in [0.25, 0.3) is 0 Å². The first-order chi connectivity index (χ1) is 9.06. The molecule has 0 bridgehead atoms. The predicted octanol–water partition coefficient (Wildman–Crippen LogP) is 3.67. The SMILES string of the molecule is CCC(CCl)(CCl)NC(=O)CCc1ccccc1C. The maximum atomic E-state index is 12.0. The fourth-order valence-corrected chi connectivity index (χ4v) is 2.67. The largest absolute Gasteiger partial charge is 0.348 e. The van der Waals surface area contributed by atoms with Gasteiger partial charge in [-0.15, -0.1) is 23.2 Å². The molecule has 0 saturated heterocycles. The fourth-order valence-electron chi connectivity index (χ4n) is 1.88. The molecule has 4 heteroatoms. The van der Waals surface area contributed by atoms with Gasteiger partial charge < -0.3 is 5.32 Å². The smallest absolute Gasteiger partial charge is 0.220 e. The Morgan fingerprint density at radius 3 is 2.42 bits per heavy atom. The lowest BCUT2D eigenvalue weighted by molar-refractivity contribution is -0.122. The maximum absolute atomic E-state index is 12.0. The van der Waals surface area contributed by atoms with E-state index in [1.807, 2.05) is 19.1 Å². The number of carbonyl (C=O) groups is 1. The molecular weight excluding hydrogens is 281 g/mol. The molecule has 0 aromatic heterocycles. The van der Waals surface area contributed by atoms with Crippen LogP contribution in [-0.2, 0) is 11.2 Å². The molecule has 1 rings (SSSR count). The Kier molecular flexibility index (Phi) is 6.67. The van der Waals surface area contributed by atoms with Gasteiger partial charge in [0.05, 0.1) is 5.54 Å². The van der Waals surface area contributed by atoms with Crippen LogP contribution in [0.5, 0.6) is 0 Å². The first-order valence-electron chi connectivity index (χ1n) is 6.54. The lowest BCUT2D eigenvalue weighted by Crippen LogP contribution is -2.51. The molecule has 0 aliphatic heterocycles. The minimum Gasteiger partial charge on any atom is -0.348 e. The van der Waals surface area contributed by atoms with E-state index in [0.29, 0.717) is 18.2 Å². The summed E-state index contributed by atoms with van der Waals surface area (Å²) >= 11 is 11.8. The van der Waals surface area contributed by atoms with Crippen LogP contribution in [0.3, 0.4) is 0 Å². The second-order valence-corrected chi connectivity index (χ2v) is 5.41. The number of nitrogens with one attached hydrogen (secondary N) is 1. The third kappa shape index (κ3) is 4.70. The molecule has 0 unspecified atom stereocenters. The summed E-state index contributed by atoms with van der Waals surface area (Å²) in [5.41, 5.74) is 1.94. The summed E-state index contributed by atoms with van der Waals surface area (Å²) in [5, 5.41) is 2.97. The van der Waals surface area contributed by atoms with Crippen LogP contribution >= 0.6 is 23.2 Å². The molecule has 1 aromatic carbocycles. The number of halogens is 2. The Morgan fingerprint density at radius 2 is 1.89 bits per heavy atom. The van der Waals surface area contributed by atoms with E-state index in [4.69, 9.17) is 23.2 Å². The lowest BCUT2D eigenvalue weighted by Gasteiger charge is -2.29. The summed E-state index contributed by atoms with van der Waals surface area (Å²) in [6.07, 6.45) is 1.93. The van der Waals surface area contributed by atoms with Crippen LogP contribution in [0.1, 0.15) is 30.9 Å². The van der Waals surface area contributed by atoms with E-state index in [9.17, 15) is 4.79 Å². The quantitative estimate of drug-likeness (QED) is 0.765. The van der Waals surface area contributed by atoms with E-state index >= 15 is 0 Å². The molecule has 0 saturated carbocycles. The lowest BCUT2D eigenvalue weighted by atomic mass is 10.00. The van der Waals surface area contributed by atoms with E-state index < -0.39 is 5.54 Å². The van der Waals surface area contributed by atoms with Gasteiger partial charge in [0.2, 0.25) is 5.91 Å². The van der Waals surface area contributed by atoms with E-state index in [1.165, 1.54) is 11.1 Å². The Labute approximate surface area is 125 Å². The standard InChI is InChI=1S/C15H21Cl2NO/c1-3-15(10-16,11-17)18-14(19)9-8-13-7-5-4-6-12(13)2/h4-7H,3,8-11H2,1-2H3,(H,18,19). The highest BCUT2D eigenvalue weighted by Crippen LogP contribution is 2.16. The highest BCUT2D eigenvalue weighted by atomic mass is 35.5. The number of hydrogen-bond donors (Lipinski definition) is 1. The highest BCUT2D eigenvalue weighted by Gasteiger charge is 2.27. The molecule has 0 radical (unpaired) electrons. The zero-order chi connectivity index (χ0) is 14.3. The number of amides is 1. The van der Waals surface area contributed by atoms with Crippen LogP contribution in [0.15, 0.2) is 24.3 Å². The van der Waals surface area contributed by atoms with Gasteiger partial charge in [0.1, 0.15) is 0 Å². The third-order valence-electron chi connectivity index (χ3n) is 3.48. The molecule has 1 aromatic rings. The van der Waals surface area contributed by atoms with Crippen LogP contribution < -0.4 is 5.32 Å². The van der Waals surface area contributed by atoms with E-state index in [2.05, 4.69) is 24.4 Å². The van der Waals surface area contributed by atoms with Crippen LogP contribution in [0, 0.1) is 6.92 Å². The monoisotopic (exact) mass is 301 g/mol. The molecule has 0 atom stereocenters. The molecule has 106 valence electrons. The Bertz CT molecular complexity index is 408. The Hall–Kier alpha value is -0.730. The molecule has 0 spiro atoms. The van der Waals surface area contributed by atoms with E-state index in [0.717, 1.165) is 12.8 Å². The number of alkyl halides is 2. The van der Waals surface area contributed by atoms with E-state index in [-0.39, 0.29) is 5.91 Å². The van der Waals surface area contributed by atoms with E-state index in [1.54, 1.807) is 0 Å². The van der Waals surface area contributed by atoms with Crippen molar-refractivity contribution >= 4 is 29.1 Å². The molecule has 0 fully saturated rings. The Morgan fingerprint density at radius 1 is 1.26 bits per heavy atom. The second-order valence-electron chi connectivity index (χ2n) is 4.88. The minimum atomic E-state index is -0.480. The molecule has 1 N–H and O–H groups in total. The number of rotatable bonds is 7. The number of hydrogen-bond acceptors (Lipinski definition) is 1. The molecule has 1 amide bonds. The molecule has 2 nitrogen and oxygen atoms in total. The van der Waals surface area contributed by atoms with Crippen molar-refractivity contribution in [3.05, 3.63) is 35.4 Å². The van der Waals surface area contributed by atoms with Gasteiger partial charge >= 0.3 is 0 Å². The van der Waals surface area contributed by atoms with Crippen molar-refractivity contribution < 1.29 is 4.79 Å². The summed E-state index contributed by atoms with van der Waals surface area (Å²) in [6.45, 7) is 4.04. The van der Waals surface area contributed by atoms with Gasteiger partial charge in [-0.1, -0.05) is 31.2 Å². The predicted molar refractivity (Wildman–Crippen MR) is 82.1 cm³/mol. The van der Waals surface area contributed by atoms with Crippen molar-refractivity contribution in [3.8, 4) is 0 Å². The van der Waals surface area contributed by atoms with Crippen molar-refractivity contribution in [1.82, 2.24) is 5.32 Å². The summed E-state index contributed by atoms with van der Waals surface area (Å²) < 4.78 is 0. The Balaban J connectivity index is 2.54. The van der Waals surface area contributed by atoms with Gasteiger partial charge in [0.25, 0.3) is 0 Å². The van der Waals surface area contributed by atoms with Gasteiger partial charge in [-0.2, -0.15) is 0 Å². The van der Waals surface area contributed by atoms with Crippen LogP contribution in [-0.4, -0.2) is 23.2 Å². The second kappa shape index (κ2) is 7.76. The molecule has 0 heterocycles. The van der Waals surface area contributed by atoms with Crippen molar-refractivity contribution in [2.75, 3.05) is 11.8 Å².